The van der Waals surface area contributed by atoms with Crippen molar-refractivity contribution >= 4 is 5.69 Å². The lowest BCUT2D eigenvalue weighted by atomic mass is 10.2. The van der Waals surface area contributed by atoms with Gasteiger partial charge in [-0.3, -0.25) is 10.1 Å². The molecule has 4 heteroatoms. The van der Waals surface area contributed by atoms with E-state index in [1.165, 1.54) is 12.1 Å². The van der Waals surface area contributed by atoms with E-state index in [2.05, 4.69) is 0 Å². The van der Waals surface area contributed by atoms with E-state index in [-0.39, 0.29) is 5.69 Å². The largest absolute Gasteiger partial charge is 0.272 e. The lowest BCUT2D eigenvalue weighted by Gasteiger charge is -1.93. The number of halogens is 1. The molecule has 11 heavy (non-hydrogen) atoms. The highest BCUT2D eigenvalue weighted by molar-refractivity contribution is 5.34. The molecular weight excluding hydrogens is 149 g/mol. The van der Waals surface area contributed by atoms with E-state index in [4.69, 9.17) is 0 Å². The predicted molar refractivity (Wildman–Crippen MR) is 37.8 cm³/mol. The Morgan fingerprint density at radius 3 is 2.55 bits per heavy atom. The zero-order chi connectivity index (χ0) is 8.43. The van der Waals surface area contributed by atoms with E-state index in [9.17, 15) is 14.5 Å². The number of hydrogen-bond acceptors (Lipinski definition) is 2. The van der Waals surface area contributed by atoms with Crippen LogP contribution in [0.1, 0.15) is 5.56 Å². The molecule has 0 heterocycles. The van der Waals surface area contributed by atoms with E-state index < -0.39 is 10.7 Å². The summed E-state index contributed by atoms with van der Waals surface area (Å²) in [6.45, 7) is 1.61. The third-order valence-corrected chi connectivity index (χ3v) is 1.24. The summed E-state index contributed by atoms with van der Waals surface area (Å²) in [5, 5.41) is 10.1. The van der Waals surface area contributed by atoms with Crippen LogP contribution in [-0.4, -0.2) is 4.92 Å². The summed E-state index contributed by atoms with van der Waals surface area (Å²) in [6.07, 6.45) is 0. The van der Waals surface area contributed by atoms with Crippen molar-refractivity contribution < 1.29 is 9.31 Å². The van der Waals surface area contributed by atoms with Gasteiger partial charge < -0.3 is 0 Å². The van der Waals surface area contributed by atoms with Crippen LogP contribution < -0.4 is 0 Å². The molecule has 0 N–H and O–H groups in total. The van der Waals surface area contributed by atoms with Crippen molar-refractivity contribution in [2.24, 2.45) is 0 Å². The van der Waals surface area contributed by atoms with Crippen LogP contribution in [0, 0.1) is 22.9 Å². The van der Waals surface area contributed by atoms with Crippen LogP contribution in [0.2, 0.25) is 0 Å². The van der Waals surface area contributed by atoms with Crippen molar-refractivity contribution in [3.8, 4) is 0 Å². The third-order valence-electron chi connectivity index (χ3n) is 1.24. The molecule has 1 rings (SSSR count). The van der Waals surface area contributed by atoms with Crippen LogP contribution in [0.4, 0.5) is 10.1 Å². The van der Waals surface area contributed by atoms with Gasteiger partial charge in [-0.05, 0) is 18.6 Å². The molecule has 0 aromatic heterocycles. The Morgan fingerprint density at radius 1 is 1.45 bits per heavy atom. The molecule has 0 bridgehead atoms. The molecule has 0 aliphatic rings. The molecule has 0 spiro atoms. The lowest BCUT2D eigenvalue weighted by molar-refractivity contribution is -0.385. The Kier molecular flexibility index (Phi) is 1.85. The van der Waals surface area contributed by atoms with Gasteiger partial charge in [0, 0.05) is 6.07 Å². The first-order chi connectivity index (χ1) is 5.09. The number of non-ortho nitro benzene ring substituents is 1. The van der Waals surface area contributed by atoms with Crippen LogP contribution >= 0.6 is 0 Å². The Labute approximate surface area is 62.6 Å². The van der Waals surface area contributed by atoms with Gasteiger partial charge in [0.1, 0.15) is 5.82 Å². The fraction of sp³-hybridized carbons (Fsp3) is 0.143. The van der Waals surface area contributed by atoms with Crippen molar-refractivity contribution in [1.82, 2.24) is 0 Å². The maximum atomic E-state index is 12.5. The number of nitro benzene ring substituents is 1. The van der Waals surface area contributed by atoms with E-state index in [1.807, 2.05) is 0 Å². The summed E-state index contributed by atoms with van der Waals surface area (Å²) in [4.78, 5) is 9.53. The van der Waals surface area contributed by atoms with Gasteiger partial charge in [-0.15, -0.1) is 0 Å². The lowest BCUT2D eigenvalue weighted by Crippen LogP contribution is -1.89. The molecule has 0 radical (unpaired) electrons. The Hall–Kier alpha value is -1.45. The van der Waals surface area contributed by atoms with Gasteiger partial charge in [-0.1, -0.05) is 0 Å². The molecule has 1 aromatic carbocycles. The quantitative estimate of drug-likeness (QED) is 0.460. The van der Waals surface area contributed by atoms with Gasteiger partial charge in [0.05, 0.1) is 11.0 Å². The standard InChI is InChI=1S/C7H6FNO2/c1-5-2-6(8)4-7(3-5)9(10)11/h2-4H,1H3. The van der Waals surface area contributed by atoms with Crippen molar-refractivity contribution in [3.05, 3.63) is 39.7 Å². The van der Waals surface area contributed by atoms with Gasteiger partial charge in [-0.2, -0.15) is 0 Å². The third kappa shape index (κ3) is 1.73. The summed E-state index contributed by atoms with van der Waals surface area (Å²) in [7, 11) is 0. The van der Waals surface area contributed by atoms with Crippen LogP contribution in [-0.2, 0) is 0 Å². The van der Waals surface area contributed by atoms with Crippen molar-refractivity contribution in [1.29, 1.82) is 0 Å². The molecule has 0 unspecified atom stereocenters. The zero-order valence-electron chi connectivity index (χ0n) is 5.87. The van der Waals surface area contributed by atoms with E-state index in [0.717, 1.165) is 6.07 Å². The molecule has 0 amide bonds. The molecule has 0 aliphatic heterocycles. The summed E-state index contributed by atoms with van der Waals surface area (Å²) in [5.41, 5.74) is 0.346. The number of nitro groups is 1. The maximum Gasteiger partial charge on any atom is 0.272 e. The summed E-state index contributed by atoms with van der Waals surface area (Å²) in [5.74, 6) is -0.572. The second-order valence-corrected chi connectivity index (χ2v) is 2.24. The minimum atomic E-state index is -0.615. The van der Waals surface area contributed by atoms with Crippen molar-refractivity contribution in [2.45, 2.75) is 6.92 Å². The molecule has 0 saturated carbocycles. The van der Waals surface area contributed by atoms with Gasteiger partial charge in [0.2, 0.25) is 0 Å². The molecule has 1 aromatic rings. The average Bonchev–Trinajstić information content (AvgIpc) is 1.85. The van der Waals surface area contributed by atoms with E-state index in [1.54, 1.807) is 6.92 Å². The van der Waals surface area contributed by atoms with Gasteiger partial charge in [0.15, 0.2) is 0 Å². The summed E-state index contributed by atoms with van der Waals surface area (Å²) >= 11 is 0. The number of nitrogens with zero attached hydrogens (tertiary/aromatic N) is 1. The molecule has 58 valence electrons. The molecular formula is C7H6FNO2. The highest BCUT2D eigenvalue weighted by Gasteiger charge is 2.06. The van der Waals surface area contributed by atoms with E-state index >= 15 is 0 Å². The van der Waals surface area contributed by atoms with Crippen molar-refractivity contribution in [3.63, 3.8) is 0 Å². The van der Waals surface area contributed by atoms with Crippen LogP contribution in [0.25, 0.3) is 0 Å². The monoisotopic (exact) mass is 155 g/mol. The van der Waals surface area contributed by atoms with Crippen LogP contribution in [0.15, 0.2) is 18.2 Å². The molecule has 0 saturated heterocycles. The highest BCUT2D eigenvalue weighted by Crippen LogP contribution is 2.14. The summed E-state index contributed by atoms with van der Waals surface area (Å²) in [6, 6.07) is 3.46. The minimum Gasteiger partial charge on any atom is -0.258 e. The number of hydrogen-bond donors (Lipinski definition) is 0. The normalized spacial score (nSPS) is 9.64. The van der Waals surface area contributed by atoms with Gasteiger partial charge >= 0.3 is 0 Å². The minimum absolute atomic E-state index is 0.206. The van der Waals surface area contributed by atoms with Crippen molar-refractivity contribution in [2.75, 3.05) is 0 Å². The first-order valence-electron chi connectivity index (χ1n) is 3.01. The molecule has 3 nitrogen and oxygen atoms in total. The zero-order valence-corrected chi connectivity index (χ0v) is 5.87. The predicted octanol–water partition coefficient (Wildman–Crippen LogP) is 2.04. The fourth-order valence-corrected chi connectivity index (χ4v) is 0.822. The first-order valence-corrected chi connectivity index (χ1v) is 3.01. The van der Waals surface area contributed by atoms with Gasteiger partial charge in [-0.25, -0.2) is 4.39 Å². The molecule has 0 fully saturated rings. The first kappa shape index (κ1) is 7.65. The molecule has 0 aliphatic carbocycles. The Morgan fingerprint density at radius 2 is 2.09 bits per heavy atom. The topological polar surface area (TPSA) is 43.1 Å². The average molecular weight is 155 g/mol. The maximum absolute atomic E-state index is 12.5. The van der Waals surface area contributed by atoms with E-state index in [0.29, 0.717) is 5.56 Å². The number of rotatable bonds is 1. The molecule has 0 atom stereocenters. The fourth-order valence-electron chi connectivity index (χ4n) is 0.822. The second-order valence-electron chi connectivity index (χ2n) is 2.24. The smallest absolute Gasteiger partial charge is 0.258 e. The van der Waals surface area contributed by atoms with Crippen LogP contribution in [0.5, 0.6) is 0 Å². The van der Waals surface area contributed by atoms with Crippen LogP contribution in [0.3, 0.4) is 0 Å². The highest BCUT2D eigenvalue weighted by atomic mass is 19.1. The second kappa shape index (κ2) is 2.65. The number of benzene rings is 1. The number of aryl methyl sites for hydroxylation is 1. The Balaban J connectivity index is 3.19. The Bertz CT molecular complexity index is 278. The summed E-state index contributed by atoms with van der Waals surface area (Å²) < 4.78 is 12.5. The SMILES string of the molecule is Cc1cc(F)cc([N+](=O)[O-])c1. The van der Waals surface area contributed by atoms with Gasteiger partial charge in [0.25, 0.3) is 5.69 Å².